The van der Waals surface area contributed by atoms with Crippen molar-refractivity contribution in [2.45, 2.75) is 26.3 Å². The van der Waals surface area contributed by atoms with Crippen LogP contribution in [0, 0.1) is 19.8 Å². The van der Waals surface area contributed by atoms with Crippen LogP contribution in [0.25, 0.3) is 16.6 Å². The first-order valence-electron chi connectivity index (χ1n) is 9.55. The van der Waals surface area contributed by atoms with Gasteiger partial charge >= 0.3 is 0 Å². The molecule has 0 aliphatic carbocycles. The predicted octanol–water partition coefficient (Wildman–Crippen LogP) is 2.96. The average Bonchev–Trinajstić information content (AvgIpc) is 3.35. The number of pyridine rings is 1. The molecule has 0 saturated carbocycles. The summed E-state index contributed by atoms with van der Waals surface area (Å²) in [7, 11) is 0. The Labute approximate surface area is 162 Å². The maximum Gasteiger partial charge on any atom is 0.200 e. The van der Waals surface area contributed by atoms with Gasteiger partial charge in [-0.1, -0.05) is 18.2 Å². The summed E-state index contributed by atoms with van der Waals surface area (Å²) in [6, 6.07) is 10.6. The Morgan fingerprint density at radius 3 is 3.00 bits per heavy atom. The predicted molar refractivity (Wildman–Crippen MR) is 107 cm³/mol. The number of rotatable bonds is 4. The molecule has 7 nitrogen and oxygen atoms in total. The van der Waals surface area contributed by atoms with Crippen LogP contribution in [0.4, 0.5) is 5.69 Å². The molecule has 1 aliphatic rings. The summed E-state index contributed by atoms with van der Waals surface area (Å²) in [5, 5.41) is 17.7. The van der Waals surface area contributed by atoms with Crippen LogP contribution in [-0.2, 0) is 11.2 Å². The van der Waals surface area contributed by atoms with Crippen molar-refractivity contribution in [1.82, 2.24) is 24.8 Å². The summed E-state index contributed by atoms with van der Waals surface area (Å²) in [5.74, 6) is 0.363. The van der Waals surface area contributed by atoms with Gasteiger partial charge in [0.1, 0.15) is 6.33 Å². The molecule has 4 aromatic rings. The Hall–Kier alpha value is -3.06. The minimum atomic E-state index is 0.202. The SMILES string of the molecule is Cc1nn2cnnc2c(N[C@H]2COC[C@H]2Cc2ccnc3ccccc23)c1C. The summed E-state index contributed by atoms with van der Waals surface area (Å²) in [6.45, 7) is 5.49. The van der Waals surface area contributed by atoms with E-state index in [0.29, 0.717) is 12.5 Å². The molecule has 0 amide bonds. The van der Waals surface area contributed by atoms with Crippen LogP contribution < -0.4 is 5.32 Å². The summed E-state index contributed by atoms with van der Waals surface area (Å²) < 4.78 is 7.58. The van der Waals surface area contributed by atoms with E-state index in [0.717, 1.165) is 41.1 Å². The molecule has 0 spiro atoms. The Kier molecular flexibility index (Phi) is 4.16. The molecular weight excluding hydrogens is 352 g/mol. The molecule has 7 heteroatoms. The van der Waals surface area contributed by atoms with Crippen LogP contribution in [0.3, 0.4) is 0 Å². The molecule has 1 aromatic carbocycles. The number of para-hydroxylation sites is 1. The lowest BCUT2D eigenvalue weighted by Crippen LogP contribution is -2.30. The van der Waals surface area contributed by atoms with Gasteiger partial charge in [-0.3, -0.25) is 4.98 Å². The van der Waals surface area contributed by atoms with Gasteiger partial charge in [-0.25, -0.2) is 0 Å². The van der Waals surface area contributed by atoms with Gasteiger partial charge in [0.25, 0.3) is 0 Å². The third kappa shape index (κ3) is 2.88. The van der Waals surface area contributed by atoms with Gasteiger partial charge in [0.15, 0.2) is 0 Å². The van der Waals surface area contributed by atoms with Gasteiger partial charge in [-0.05, 0) is 43.5 Å². The first-order chi connectivity index (χ1) is 13.7. The molecule has 0 bridgehead atoms. The molecule has 142 valence electrons. The van der Waals surface area contributed by atoms with E-state index in [9.17, 15) is 0 Å². The number of ether oxygens (including phenoxy) is 1. The molecule has 28 heavy (non-hydrogen) atoms. The standard InChI is InChI=1S/C21H22N6O/c1-13-14(2)26-27-12-23-25-21(27)20(13)24-19-11-28-10-16(19)9-15-7-8-22-18-6-4-3-5-17(15)18/h3-8,12,16,19,24H,9-11H2,1-2H3/t16-,19+/m1/s1. The summed E-state index contributed by atoms with van der Waals surface area (Å²) in [6.07, 6.45) is 4.47. The largest absolute Gasteiger partial charge is 0.379 e. The summed E-state index contributed by atoms with van der Waals surface area (Å²) in [4.78, 5) is 4.48. The van der Waals surface area contributed by atoms with Crippen molar-refractivity contribution >= 4 is 22.2 Å². The lowest BCUT2D eigenvalue weighted by atomic mass is 9.93. The van der Waals surface area contributed by atoms with Gasteiger partial charge in [0.2, 0.25) is 5.65 Å². The number of aryl methyl sites for hydroxylation is 1. The third-order valence-electron chi connectivity index (χ3n) is 5.68. The van der Waals surface area contributed by atoms with Gasteiger partial charge < -0.3 is 10.1 Å². The second-order valence-corrected chi connectivity index (χ2v) is 7.42. The number of hydrogen-bond acceptors (Lipinski definition) is 6. The minimum absolute atomic E-state index is 0.202. The molecule has 1 saturated heterocycles. The van der Waals surface area contributed by atoms with Crippen molar-refractivity contribution in [3.63, 3.8) is 0 Å². The van der Waals surface area contributed by atoms with E-state index in [4.69, 9.17) is 4.74 Å². The zero-order valence-corrected chi connectivity index (χ0v) is 16.0. The topological polar surface area (TPSA) is 77.2 Å². The summed E-state index contributed by atoms with van der Waals surface area (Å²) >= 11 is 0. The molecular formula is C21H22N6O. The van der Waals surface area contributed by atoms with Gasteiger partial charge in [-0.15, -0.1) is 10.2 Å². The van der Waals surface area contributed by atoms with E-state index in [1.807, 2.05) is 19.2 Å². The van der Waals surface area contributed by atoms with E-state index in [-0.39, 0.29) is 6.04 Å². The molecule has 4 heterocycles. The van der Waals surface area contributed by atoms with Crippen LogP contribution in [0.5, 0.6) is 0 Å². The van der Waals surface area contributed by atoms with Crippen molar-refractivity contribution in [3.05, 3.63) is 59.7 Å². The van der Waals surface area contributed by atoms with Crippen LogP contribution in [0.2, 0.25) is 0 Å². The highest BCUT2D eigenvalue weighted by Gasteiger charge is 2.30. The van der Waals surface area contributed by atoms with Crippen molar-refractivity contribution in [3.8, 4) is 0 Å². The normalized spacial score (nSPS) is 19.5. The smallest absolute Gasteiger partial charge is 0.200 e. The number of nitrogens with zero attached hydrogens (tertiary/aromatic N) is 5. The molecule has 1 aliphatic heterocycles. The van der Waals surface area contributed by atoms with E-state index in [1.54, 1.807) is 10.8 Å². The number of anilines is 1. The second-order valence-electron chi connectivity index (χ2n) is 7.42. The average molecular weight is 374 g/mol. The van der Waals surface area contributed by atoms with E-state index < -0.39 is 0 Å². The van der Waals surface area contributed by atoms with Gasteiger partial charge in [0.05, 0.1) is 36.2 Å². The van der Waals surface area contributed by atoms with Crippen molar-refractivity contribution in [2.75, 3.05) is 18.5 Å². The molecule has 1 N–H and O–H groups in total. The minimum Gasteiger partial charge on any atom is -0.379 e. The molecule has 2 atom stereocenters. The fraction of sp³-hybridized carbons (Fsp3) is 0.333. The van der Waals surface area contributed by atoms with Crippen LogP contribution in [-0.4, -0.2) is 44.1 Å². The number of nitrogens with one attached hydrogen (secondary N) is 1. The number of benzene rings is 1. The molecule has 1 fully saturated rings. The maximum absolute atomic E-state index is 5.85. The van der Waals surface area contributed by atoms with Crippen LogP contribution in [0.1, 0.15) is 16.8 Å². The first-order valence-corrected chi connectivity index (χ1v) is 9.55. The number of aromatic nitrogens is 5. The van der Waals surface area contributed by atoms with Crippen molar-refractivity contribution < 1.29 is 4.74 Å². The van der Waals surface area contributed by atoms with Gasteiger partial charge in [-0.2, -0.15) is 9.61 Å². The Morgan fingerprint density at radius 1 is 1.18 bits per heavy atom. The molecule has 0 unspecified atom stereocenters. The highest BCUT2D eigenvalue weighted by Crippen LogP contribution is 2.29. The van der Waals surface area contributed by atoms with E-state index in [1.165, 1.54) is 10.9 Å². The zero-order chi connectivity index (χ0) is 19.1. The zero-order valence-electron chi connectivity index (χ0n) is 16.0. The Balaban J connectivity index is 1.45. The highest BCUT2D eigenvalue weighted by molar-refractivity contribution is 5.81. The quantitative estimate of drug-likeness (QED) is 0.592. The third-order valence-corrected chi connectivity index (χ3v) is 5.68. The van der Waals surface area contributed by atoms with Crippen molar-refractivity contribution in [1.29, 1.82) is 0 Å². The van der Waals surface area contributed by atoms with Crippen LogP contribution in [0.15, 0.2) is 42.9 Å². The monoisotopic (exact) mass is 374 g/mol. The van der Waals surface area contributed by atoms with Gasteiger partial charge in [0, 0.05) is 17.5 Å². The Bertz CT molecular complexity index is 1150. The summed E-state index contributed by atoms with van der Waals surface area (Å²) in [5.41, 5.74) is 6.15. The van der Waals surface area contributed by atoms with E-state index >= 15 is 0 Å². The lowest BCUT2D eigenvalue weighted by molar-refractivity contribution is 0.185. The maximum atomic E-state index is 5.85. The number of fused-ring (bicyclic) bond motifs is 2. The fourth-order valence-corrected chi connectivity index (χ4v) is 3.99. The van der Waals surface area contributed by atoms with Crippen LogP contribution >= 0.6 is 0 Å². The van der Waals surface area contributed by atoms with E-state index in [2.05, 4.69) is 56.8 Å². The molecule has 0 radical (unpaired) electrons. The highest BCUT2D eigenvalue weighted by atomic mass is 16.5. The number of hydrogen-bond donors (Lipinski definition) is 1. The molecule has 5 rings (SSSR count). The Morgan fingerprint density at radius 2 is 2.07 bits per heavy atom. The lowest BCUT2D eigenvalue weighted by Gasteiger charge is -2.22. The fourth-order valence-electron chi connectivity index (χ4n) is 3.99. The first kappa shape index (κ1) is 17.1. The molecule has 3 aromatic heterocycles. The second kappa shape index (κ2) is 6.83. The van der Waals surface area contributed by atoms with Crippen molar-refractivity contribution in [2.24, 2.45) is 5.92 Å².